The molecule has 5 heteroatoms. The fourth-order valence-electron chi connectivity index (χ4n) is 1.93. The smallest absolute Gasteiger partial charge is 0.261 e. The van der Waals surface area contributed by atoms with Crippen molar-refractivity contribution in [3.8, 4) is 0 Å². The van der Waals surface area contributed by atoms with Gasteiger partial charge in [-0.1, -0.05) is 24.3 Å². The Labute approximate surface area is 111 Å². The van der Waals surface area contributed by atoms with E-state index in [-0.39, 0.29) is 4.90 Å². The van der Waals surface area contributed by atoms with Crippen LogP contribution in [-0.4, -0.2) is 13.4 Å². The zero-order valence-electron chi connectivity index (χ0n) is 10.00. The van der Waals surface area contributed by atoms with E-state index in [9.17, 15) is 8.42 Å². The molecule has 0 fully saturated rings. The molecule has 1 aromatic heterocycles. The molecule has 0 saturated carbocycles. The van der Waals surface area contributed by atoms with Crippen LogP contribution < -0.4 is 4.72 Å². The van der Waals surface area contributed by atoms with Crippen LogP contribution in [-0.2, 0) is 10.0 Å². The maximum Gasteiger partial charge on any atom is 0.261 e. The van der Waals surface area contributed by atoms with Gasteiger partial charge in [0, 0.05) is 11.7 Å². The molecular weight excluding hydrogens is 260 g/mol. The third-order valence-corrected chi connectivity index (χ3v) is 4.26. The topological polar surface area (TPSA) is 62.0 Å². The highest BCUT2D eigenvalue weighted by Gasteiger charge is 2.13. The number of hydrogen-bond donors (Lipinski definition) is 2. The maximum absolute atomic E-state index is 12.2. The fraction of sp³-hybridized carbons (Fsp3) is 0. The number of fused-ring (bicyclic) bond motifs is 1. The second-order valence-corrected chi connectivity index (χ2v) is 5.88. The van der Waals surface area contributed by atoms with Gasteiger partial charge in [0.1, 0.15) is 0 Å². The van der Waals surface area contributed by atoms with Gasteiger partial charge >= 0.3 is 0 Å². The predicted molar refractivity (Wildman–Crippen MR) is 75.5 cm³/mol. The lowest BCUT2D eigenvalue weighted by Gasteiger charge is -2.07. The summed E-state index contributed by atoms with van der Waals surface area (Å²) in [6.07, 6.45) is 1.82. The maximum atomic E-state index is 12.2. The number of nitrogens with one attached hydrogen (secondary N) is 2. The van der Waals surface area contributed by atoms with Crippen LogP contribution in [0.2, 0.25) is 0 Å². The van der Waals surface area contributed by atoms with Gasteiger partial charge in [-0.05, 0) is 35.7 Å². The summed E-state index contributed by atoms with van der Waals surface area (Å²) in [5.74, 6) is 0. The molecule has 3 aromatic rings. The van der Waals surface area contributed by atoms with E-state index >= 15 is 0 Å². The van der Waals surface area contributed by atoms with Crippen LogP contribution in [0.4, 0.5) is 5.69 Å². The molecule has 3 rings (SSSR count). The average molecular weight is 272 g/mol. The van der Waals surface area contributed by atoms with Crippen molar-refractivity contribution in [2.75, 3.05) is 4.72 Å². The quantitative estimate of drug-likeness (QED) is 0.770. The molecule has 0 bridgehead atoms. The fourth-order valence-corrected chi connectivity index (χ4v) is 3.00. The first-order valence-corrected chi connectivity index (χ1v) is 7.28. The highest BCUT2D eigenvalue weighted by atomic mass is 32.2. The van der Waals surface area contributed by atoms with Crippen LogP contribution in [0.3, 0.4) is 0 Å². The van der Waals surface area contributed by atoms with Gasteiger partial charge in [-0.3, -0.25) is 4.72 Å². The van der Waals surface area contributed by atoms with Gasteiger partial charge in [0.15, 0.2) is 0 Å². The SMILES string of the molecule is O=S(=O)(Nc1ccc2cc[nH]c2c1)c1ccccc1. The third kappa shape index (κ3) is 2.32. The minimum absolute atomic E-state index is 0.251. The summed E-state index contributed by atoms with van der Waals surface area (Å²) in [7, 11) is -3.53. The zero-order chi connectivity index (χ0) is 13.3. The first kappa shape index (κ1) is 11.8. The molecular formula is C14H12N2O2S. The first-order chi connectivity index (χ1) is 9.15. The molecule has 2 N–H and O–H groups in total. The highest BCUT2D eigenvalue weighted by molar-refractivity contribution is 7.92. The molecule has 0 amide bonds. The number of sulfonamides is 1. The average Bonchev–Trinajstić information content (AvgIpc) is 2.87. The highest BCUT2D eigenvalue weighted by Crippen LogP contribution is 2.20. The van der Waals surface area contributed by atoms with Crippen LogP contribution >= 0.6 is 0 Å². The van der Waals surface area contributed by atoms with Crippen LogP contribution in [0, 0.1) is 0 Å². The van der Waals surface area contributed by atoms with E-state index in [4.69, 9.17) is 0 Å². The molecule has 19 heavy (non-hydrogen) atoms. The Hall–Kier alpha value is -2.27. The minimum atomic E-state index is -3.53. The van der Waals surface area contributed by atoms with E-state index in [1.54, 1.807) is 42.5 Å². The van der Waals surface area contributed by atoms with Gasteiger partial charge in [0.2, 0.25) is 0 Å². The largest absolute Gasteiger partial charge is 0.361 e. The molecule has 0 saturated heterocycles. The molecule has 0 atom stereocenters. The summed E-state index contributed by atoms with van der Waals surface area (Å²) in [4.78, 5) is 3.30. The number of rotatable bonds is 3. The minimum Gasteiger partial charge on any atom is -0.361 e. The summed E-state index contributed by atoms with van der Waals surface area (Å²) in [5.41, 5.74) is 1.44. The zero-order valence-corrected chi connectivity index (χ0v) is 10.8. The molecule has 4 nitrogen and oxygen atoms in total. The Kier molecular flexibility index (Phi) is 2.76. The van der Waals surface area contributed by atoms with Gasteiger partial charge in [0.05, 0.1) is 10.6 Å². The van der Waals surface area contributed by atoms with Gasteiger partial charge in [-0.2, -0.15) is 0 Å². The lowest BCUT2D eigenvalue weighted by atomic mass is 10.2. The second-order valence-electron chi connectivity index (χ2n) is 4.20. The molecule has 1 heterocycles. The molecule has 0 spiro atoms. The number of aromatic amines is 1. The van der Waals surface area contributed by atoms with Crippen LogP contribution in [0.5, 0.6) is 0 Å². The van der Waals surface area contributed by atoms with Gasteiger partial charge in [-0.15, -0.1) is 0 Å². The lowest BCUT2D eigenvalue weighted by molar-refractivity contribution is 0.601. The normalized spacial score (nSPS) is 11.6. The van der Waals surface area contributed by atoms with Crippen LogP contribution in [0.25, 0.3) is 10.9 Å². The van der Waals surface area contributed by atoms with Crippen molar-refractivity contribution in [2.24, 2.45) is 0 Å². The van der Waals surface area contributed by atoms with Gasteiger partial charge in [-0.25, -0.2) is 8.42 Å². The van der Waals surface area contributed by atoms with Crippen molar-refractivity contribution in [1.29, 1.82) is 0 Å². The van der Waals surface area contributed by atoms with E-state index in [1.807, 2.05) is 18.3 Å². The third-order valence-electron chi connectivity index (χ3n) is 2.86. The first-order valence-electron chi connectivity index (χ1n) is 5.80. The Balaban J connectivity index is 1.96. The lowest BCUT2D eigenvalue weighted by Crippen LogP contribution is -2.12. The monoisotopic (exact) mass is 272 g/mol. The summed E-state index contributed by atoms with van der Waals surface area (Å²) < 4.78 is 26.9. The van der Waals surface area contributed by atoms with Crippen LogP contribution in [0.15, 0.2) is 65.7 Å². The number of hydrogen-bond acceptors (Lipinski definition) is 2. The molecule has 0 aliphatic heterocycles. The van der Waals surface area contributed by atoms with E-state index in [2.05, 4.69) is 9.71 Å². The predicted octanol–water partition coefficient (Wildman–Crippen LogP) is 2.97. The molecule has 0 aliphatic rings. The van der Waals surface area contributed by atoms with E-state index in [0.717, 1.165) is 10.9 Å². The Bertz CT molecular complexity index is 808. The van der Waals surface area contributed by atoms with Crippen molar-refractivity contribution in [2.45, 2.75) is 4.90 Å². The standard InChI is InChI=1S/C14H12N2O2S/c17-19(18,13-4-2-1-3-5-13)16-12-7-6-11-8-9-15-14(11)10-12/h1-10,15-16H. The number of anilines is 1. The molecule has 2 aromatic carbocycles. The van der Waals surface area contributed by atoms with Gasteiger partial charge in [0.25, 0.3) is 10.0 Å². The molecule has 96 valence electrons. The summed E-state index contributed by atoms with van der Waals surface area (Å²) in [5, 5.41) is 1.04. The number of H-pyrrole nitrogens is 1. The van der Waals surface area contributed by atoms with E-state index < -0.39 is 10.0 Å². The van der Waals surface area contributed by atoms with Crippen molar-refractivity contribution >= 4 is 26.6 Å². The van der Waals surface area contributed by atoms with Crippen molar-refractivity contribution in [1.82, 2.24) is 4.98 Å². The van der Waals surface area contributed by atoms with Crippen molar-refractivity contribution < 1.29 is 8.42 Å². The van der Waals surface area contributed by atoms with Crippen LogP contribution in [0.1, 0.15) is 0 Å². The molecule has 0 radical (unpaired) electrons. The molecule has 0 aliphatic carbocycles. The van der Waals surface area contributed by atoms with E-state index in [0.29, 0.717) is 5.69 Å². The van der Waals surface area contributed by atoms with Crippen molar-refractivity contribution in [3.63, 3.8) is 0 Å². The van der Waals surface area contributed by atoms with Gasteiger partial charge < -0.3 is 4.98 Å². The summed E-state index contributed by atoms with van der Waals surface area (Å²) >= 11 is 0. The number of aromatic nitrogens is 1. The Morgan fingerprint density at radius 3 is 2.53 bits per heavy atom. The van der Waals surface area contributed by atoms with E-state index in [1.165, 1.54) is 0 Å². The Morgan fingerprint density at radius 2 is 1.74 bits per heavy atom. The summed E-state index contributed by atoms with van der Waals surface area (Å²) in [6, 6.07) is 15.6. The second kappa shape index (κ2) is 4.44. The molecule has 0 unspecified atom stereocenters. The van der Waals surface area contributed by atoms with Crippen molar-refractivity contribution in [3.05, 3.63) is 60.8 Å². The summed E-state index contributed by atoms with van der Waals surface area (Å²) in [6.45, 7) is 0. The Morgan fingerprint density at radius 1 is 0.947 bits per heavy atom. The number of benzene rings is 2.